The Morgan fingerprint density at radius 2 is 1.87 bits per heavy atom. The maximum atomic E-state index is 13.5. The normalized spacial score (nSPS) is 17.8. The van der Waals surface area contributed by atoms with E-state index in [-0.39, 0.29) is 29.6 Å². The minimum absolute atomic E-state index is 0.00780. The first-order valence-corrected chi connectivity index (χ1v) is 9.56. The predicted octanol–water partition coefficient (Wildman–Crippen LogP) is 4.41. The SMILES string of the molecule is O=C(Nc1nc2n(n1)[C@H](c1ccc(F)cc1)C[C@@H](c1ccccc1)N2)c1ccco1. The Balaban J connectivity index is 1.50. The highest BCUT2D eigenvalue weighted by molar-refractivity contribution is 6.01. The van der Waals surface area contributed by atoms with Gasteiger partial charge in [0.2, 0.25) is 5.95 Å². The van der Waals surface area contributed by atoms with Crippen LogP contribution in [-0.2, 0) is 0 Å². The number of halogens is 1. The van der Waals surface area contributed by atoms with Crippen molar-refractivity contribution in [1.29, 1.82) is 0 Å². The zero-order chi connectivity index (χ0) is 20.5. The van der Waals surface area contributed by atoms with Crippen molar-refractivity contribution in [1.82, 2.24) is 14.8 Å². The minimum atomic E-state index is -0.430. The number of anilines is 2. The van der Waals surface area contributed by atoms with Gasteiger partial charge >= 0.3 is 0 Å². The summed E-state index contributed by atoms with van der Waals surface area (Å²) >= 11 is 0. The van der Waals surface area contributed by atoms with E-state index in [2.05, 4.69) is 20.7 Å². The predicted molar refractivity (Wildman–Crippen MR) is 109 cm³/mol. The van der Waals surface area contributed by atoms with Crippen molar-refractivity contribution in [3.8, 4) is 0 Å². The largest absolute Gasteiger partial charge is 0.459 e. The number of fused-ring (bicyclic) bond motifs is 1. The molecule has 7 nitrogen and oxygen atoms in total. The van der Waals surface area contributed by atoms with Gasteiger partial charge in [-0.2, -0.15) is 4.98 Å². The molecule has 2 N–H and O–H groups in total. The van der Waals surface area contributed by atoms with Gasteiger partial charge in [0, 0.05) is 0 Å². The van der Waals surface area contributed by atoms with Gasteiger partial charge in [0.05, 0.1) is 18.3 Å². The number of carbonyl (C=O) groups excluding carboxylic acids is 1. The number of carbonyl (C=O) groups is 1. The average Bonchev–Trinajstić information content (AvgIpc) is 3.44. The summed E-state index contributed by atoms with van der Waals surface area (Å²) < 4.78 is 20.3. The first-order valence-electron chi connectivity index (χ1n) is 9.56. The zero-order valence-corrected chi connectivity index (χ0v) is 15.8. The summed E-state index contributed by atoms with van der Waals surface area (Å²) in [4.78, 5) is 16.8. The number of benzene rings is 2. The van der Waals surface area contributed by atoms with Crippen LogP contribution in [0.15, 0.2) is 77.4 Å². The van der Waals surface area contributed by atoms with Gasteiger partial charge in [0.15, 0.2) is 5.76 Å². The molecule has 30 heavy (non-hydrogen) atoms. The molecule has 4 aromatic rings. The molecule has 2 aromatic carbocycles. The summed E-state index contributed by atoms with van der Waals surface area (Å²) in [6.07, 6.45) is 2.12. The number of hydrogen-bond acceptors (Lipinski definition) is 5. The minimum Gasteiger partial charge on any atom is -0.459 e. The summed E-state index contributed by atoms with van der Waals surface area (Å²) in [6.45, 7) is 0. The Bertz CT molecular complexity index is 1160. The molecule has 0 aliphatic carbocycles. The Hall–Kier alpha value is -3.94. The van der Waals surface area contributed by atoms with E-state index in [0.29, 0.717) is 12.4 Å². The first kappa shape index (κ1) is 18.1. The molecule has 5 rings (SSSR count). The molecule has 1 aliphatic rings. The van der Waals surface area contributed by atoms with Gasteiger partial charge in [-0.05, 0) is 41.8 Å². The number of aromatic nitrogens is 3. The quantitative estimate of drug-likeness (QED) is 0.527. The second-order valence-corrected chi connectivity index (χ2v) is 7.05. The van der Waals surface area contributed by atoms with Crippen LogP contribution >= 0.6 is 0 Å². The van der Waals surface area contributed by atoms with Gasteiger partial charge in [-0.1, -0.05) is 42.5 Å². The van der Waals surface area contributed by atoms with Gasteiger partial charge in [-0.3, -0.25) is 10.1 Å². The van der Waals surface area contributed by atoms with E-state index in [1.807, 2.05) is 30.3 Å². The number of amides is 1. The van der Waals surface area contributed by atoms with E-state index in [0.717, 1.165) is 11.1 Å². The molecular formula is C22H18FN5O2. The van der Waals surface area contributed by atoms with Crippen molar-refractivity contribution < 1.29 is 13.6 Å². The molecule has 2 atom stereocenters. The summed E-state index contributed by atoms with van der Waals surface area (Å²) in [7, 11) is 0. The van der Waals surface area contributed by atoms with E-state index in [1.54, 1.807) is 28.9 Å². The fourth-order valence-corrected chi connectivity index (χ4v) is 3.67. The van der Waals surface area contributed by atoms with Crippen LogP contribution in [0.3, 0.4) is 0 Å². The molecule has 2 aromatic heterocycles. The Labute approximate surface area is 171 Å². The van der Waals surface area contributed by atoms with E-state index in [4.69, 9.17) is 4.42 Å². The fraction of sp³-hybridized carbons (Fsp3) is 0.136. The van der Waals surface area contributed by atoms with Crippen molar-refractivity contribution in [2.24, 2.45) is 0 Å². The van der Waals surface area contributed by atoms with Crippen LogP contribution in [0.2, 0.25) is 0 Å². The number of hydrogen-bond donors (Lipinski definition) is 2. The molecule has 8 heteroatoms. The van der Waals surface area contributed by atoms with E-state index < -0.39 is 5.91 Å². The highest BCUT2D eigenvalue weighted by Crippen LogP contribution is 2.38. The number of nitrogens with zero attached hydrogens (tertiary/aromatic N) is 3. The van der Waals surface area contributed by atoms with Crippen LogP contribution < -0.4 is 10.6 Å². The third kappa shape index (κ3) is 3.43. The van der Waals surface area contributed by atoms with Gasteiger partial charge in [0.25, 0.3) is 11.9 Å². The molecule has 0 radical (unpaired) electrons. The summed E-state index contributed by atoms with van der Waals surface area (Å²) in [5, 5.41) is 10.5. The van der Waals surface area contributed by atoms with Crippen LogP contribution in [-0.4, -0.2) is 20.7 Å². The van der Waals surface area contributed by atoms with Crippen LogP contribution in [0.5, 0.6) is 0 Å². The molecule has 0 fully saturated rings. The molecule has 3 heterocycles. The third-order valence-electron chi connectivity index (χ3n) is 5.12. The van der Waals surface area contributed by atoms with Crippen LogP contribution in [0.4, 0.5) is 16.3 Å². The zero-order valence-electron chi connectivity index (χ0n) is 15.8. The highest BCUT2D eigenvalue weighted by Gasteiger charge is 2.31. The van der Waals surface area contributed by atoms with Crippen LogP contribution in [0.25, 0.3) is 0 Å². The molecule has 0 saturated heterocycles. The standard InChI is InChI=1S/C22H18FN5O2/c23-16-10-8-15(9-11-16)18-13-17(14-5-2-1-3-6-14)24-22-26-21(27-28(18)22)25-20(29)19-7-4-12-30-19/h1-12,17-18H,13H2,(H2,24,25,26,27,29)/t17-,18-/m0/s1. The average molecular weight is 403 g/mol. The van der Waals surface area contributed by atoms with Crippen LogP contribution in [0.1, 0.15) is 40.2 Å². The lowest BCUT2D eigenvalue weighted by Gasteiger charge is -2.31. The number of furan rings is 1. The summed E-state index contributed by atoms with van der Waals surface area (Å²) in [5.41, 5.74) is 2.02. The lowest BCUT2D eigenvalue weighted by molar-refractivity contribution is 0.0995. The molecule has 0 unspecified atom stereocenters. The van der Waals surface area contributed by atoms with Crippen molar-refractivity contribution in [2.75, 3.05) is 10.6 Å². The van der Waals surface area contributed by atoms with Crippen molar-refractivity contribution in [2.45, 2.75) is 18.5 Å². The highest BCUT2D eigenvalue weighted by atomic mass is 19.1. The van der Waals surface area contributed by atoms with Crippen LogP contribution in [0, 0.1) is 5.82 Å². The smallest absolute Gasteiger partial charge is 0.293 e. The molecule has 150 valence electrons. The summed E-state index contributed by atoms with van der Waals surface area (Å²) in [6, 6.07) is 19.4. The molecule has 0 saturated carbocycles. The molecule has 0 bridgehead atoms. The maximum Gasteiger partial charge on any atom is 0.293 e. The molecule has 1 amide bonds. The molecule has 0 spiro atoms. The van der Waals surface area contributed by atoms with E-state index >= 15 is 0 Å². The Morgan fingerprint density at radius 3 is 2.60 bits per heavy atom. The number of rotatable bonds is 4. The second kappa shape index (κ2) is 7.47. The first-order chi connectivity index (χ1) is 14.7. The van der Waals surface area contributed by atoms with Gasteiger partial charge in [-0.15, -0.1) is 5.10 Å². The third-order valence-corrected chi connectivity index (χ3v) is 5.12. The van der Waals surface area contributed by atoms with E-state index in [9.17, 15) is 9.18 Å². The van der Waals surface area contributed by atoms with Gasteiger partial charge < -0.3 is 9.73 Å². The Morgan fingerprint density at radius 1 is 1.07 bits per heavy atom. The fourth-order valence-electron chi connectivity index (χ4n) is 3.67. The Kier molecular flexibility index (Phi) is 4.51. The van der Waals surface area contributed by atoms with Gasteiger partial charge in [0.1, 0.15) is 5.82 Å². The summed E-state index contributed by atoms with van der Waals surface area (Å²) in [5.74, 6) is 0.144. The maximum absolute atomic E-state index is 13.5. The number of nitrogens with one attached hydrogen (secondary N) is 2. The lowest BCUT2D eigenvalue weighted by Crippen LogP contribution is -2.28. The van der Waals surface area contributed by atoms with Gasteiger partial charge in [-0.25, -0.2) is 9.07 Å². The monoisotopic (exact) mass is 403 g/mol. The van der Waals surface area contributed by atoms with Crippen molar-refractivity contribution in [3.63, 3.8) is 0 Å². The molecule has 1 aliphatic heterocycles. The second-order valence-electron chi connectivity index (χ2n) is 7.05. The van der Waals surface area contributed by atoms with Crippen molar-refractivity contribution >= 4 is 17.8 Å². The topological polar surface area (TPSA) is 85.0 Å². The molecular weight excluding hydrogens is 385 g/mol. The van der Waals surface area contributed by atoms with E-state index in [1.165, 1.54) is 18.4 Å². The lowest BCUT2D eigenvalue weighted by atomic mass is 9.93. The van der Waals surface area contributed by atoms with Crippen molar-refractivity contribution in [3.05, 3.63) is 95.7 Å².